The molecule has 1 fully saturated rings. The molecule has 1 aromatic rings. The highest BCUT2D eigenvalue weighted by Crippen LogP contribution is 2.22. The van der Waals surface area contributed by atoms with Gasteiger partial charge in [0.2, 0.25) is 0 Å². The summed E-state index contributed by atoms with van der Waals surface area (Å²) >= 11 is 0. The fourth-order valence-corrected chi connectivity index (χ4v) is 2.67. The van der Waals surface area contributed by atoms with E-state index in [0.29, 0.717) is 0 Å². The van der Waals surface area contributed by atoms with Crippen LogP contribution in [0.2, 0.25) is 0 Å². The van der Waals surface area contributed by atoms with Gasteiger partial charge in [-0.15, -0.1) is 0 Å². The average Bonchev–Trinajstić information content (AvgIpc) is 2.47. The third-order valence-electron chi connectivity index (χ3n) is 3.69. The van der Waals surface area contributed by atoms with E-state index < -0.39 is 0 Å². The first-order valence-electron chi connectivity index (χ1n) is 7.18. The molecule has 2 rings (SSSR count). The van der Waals surface area contributed by atoms with Gasteiger partial charge in [-0.3, -0.25) is 0 Å². The van der Waals surface area contributed by atoms with E-state index in [2.05, 4.69) is 11.4 Å². The monoisotopic (exact) mass is 258 g/mol. The summed E-state index contributed by atoms with van der Waals surface area (Å²) in [5.74, 6) is 1.63. The molecule has 0 bridgehead atoms. The minimum atomic E-state index is 0.110. The van der Waals surface area contributed by atoms with Crippen molar-refractivity contribution < 1.29 is 4.74 Å². The number of hydrogen-bond acceptors (Lipinski definition) is 3. The van der Waals surface area contributed by atoms with Crippen LogP contribution < -0.4 is 10.1 Å². The van der Waals surface area contributed by atoms with Crippen molar-refractivity contribution in [2.45, 2.75) is 38.6 Å². The molecule has 1 aliphatic rings. The van der Waals surface area contributed by atoms with E-state index in [4.69, 9.17) is 10.00 Å². The second-order valence-electron chi connectivity index (χ2n) is 5.23. The highest BCUT2D eigenvalue weighted by Gasteiger charge is 2.12. The Balaban J connectivity index is 1.74. The van der Waals surface area contributed by atoms with Crippen LogP contribution in [0.15, 0.2) is 24.3 Å². The van der Waals surface area contributed by atoms with Crippen LogP contribution >= 0.6 is 0 Å². The second-order valence-corrected chi connectivity index (χ2v) is 5.23. The topological polar surface area (TPSA) is 45.0 Å². The molecule has 3 nitrogen and oxygen atoms in total. The van der Waals surface area contributed by atoms with Crippen LogP contribution in [-0.4, -0.2) is 13.2 Å². The Morgan fingerprint density at radius 2 is 2.11 bits per heavy atom. The zero-order valence-electron chi connectivity index (χ0n) is 11.4. The average molecular weight is 258 g/mol. The normalized spacial score (nSPS) is 15.9. The minimum absolute atomic E-state index is 0.110. The number of rotatable bonds is 6. The Bertz CT molecular complexity index is 419. The first kappa shape index (κ1) is 13.9. The molecule has 0 unspecified atom stereocenters. The van der Waals surface area contributed by atoms with Crippen LogP contribution in [0, 0.1) is 17.2 Å². The summed E-state index contributed by atoms with van der Waals surface area (Å²) in [6.07, 6.45) is 6.94. The third-order valence-corrected chi connectivity index (χ3v) is 3.69. The van der Waals surface area contributed by atoms with Gasteiger partial charge in [0.25, 0.3) is 0 Å². The van der Waals surface area contributed by atoms with E-state index in [9.17, 15) is 0 Å². The summed E-state index contributed by atoms with van der Waals surface area (Å²) in [6, 6.07) is 9.95. The van der Waals surface area contributed by atoms with Crippen molar-refractivity contribution in [3.63, 3.8) is 0 Å². The molecule has 1 saturated carbocycles. The SMILES string of the molecule is N#CCOc1cccc(CNCC2CCCCC2)c1. The van der Waals surface area contributed by atoms with Gasteiger partial charge in [-0.1, -0.05) is 31.4 Å². The maximum absolute atomic E-state index is 8.50. The molecule has 1 aromatic carbocycles. The van der Waals surface area contributed by atoms with Crippen molar-refractivity contribution in [3.05, 3.63) is 29.8 Å². The molecule has 1 aliphatic carbocycles. The first-order valence-corrected chi connectivity index (χ1v) is 7.18. The molecular formula is C16H22N2O. The number of hydrogen-bond donors (Lipinski definition) is 1. The van der Waals surface area contributed by atoms with Crippen LogP contribution in [0.5, 0.6) is 5.75 Å². The van der Waals surface area contributed by atoms with E-state index in [1.54, 1.807) is 0 Å². The lowest BCUT2D eigenvalue weighted by molar-refractivity contribution is 0.341. The number of benzene rings is 1. The molecule has 0 atom stereocenters. The number of ether oxygens (including phenoxy) is 1. The molecule has 19 heavy (non-hydrogen) atoms. The predicted molar refractivity (Wildman–Crippen MR) is 75.8 cm³/mol. The molecule has 0 spiro atoms. The maximum atomic E-state index is 8.50. The molecule has 0 aromatic heterocycles. The van der Waals surface area contributed by atoms with Crippen LogP contribution in [0.1, 0.15) is 37.7 Å². The van der Waals surface area contributed by atoms with E-state index in [1.165, 1.54) is 37.7 Å². The van der Waals surface area contributed by atoms with Gasteiger partial charge in [-0.25, -0.2) is 0 Å². The fourth-order valence-electron chi connectivity index (χ4n) is 2.67. The molecule has 1 N–H and O–H groups in total. The predicted octanol–water partition coefficient (Wildman–Crippen LogP) is 3.26. The number of nitriles is 1. The number of nitrogens with one attached hydrogen (secondary N) is 1. The highest BCUT2D eigenvalue weighted by atomic mass is 16.5. The molecule has 3 heteroatoms. The van der Waals surface area contributed by atoms with Crippen molar-refractivity contribution in [3.8, 4) is 11.8 Å². The summed E-state index contributed by atoms with van der Waals surface area (Å²) in [7, 11) is 0. The largest absolute Gasteiger partial charge is 0.479 e. The van der Waals surface area contributed by atoms with E-state index in [1.807, 2.05) is 24.3 Å². The first-order chi connectivity index (χ1) is 9.38. The summed E-state index contributed by atoms with van der Waals surface area (Å²) in [5, 5.41) is 12.0. The second kappa shape index (κ2) is 7.81. The molecule has 0 heterocycles. The van der Waals surface area contributed by atoms with Gasteiger partial charge in [0.1, 0.15) is 11.8 Å². The lowest BCUT2D eigenvalue weighted by atomic mass is 9.89. The Kier molecular flexibility index (Phi) is 5.71. The van der Waals surface area contributed by atoms with Crippen molar-refractivity contribution in [2.75, 3.05) is 13.2 Å². The van der Waals surface area contributed by atoms with Gasteiger partial charge < -0.3 is 10.1 Å². The van der Waals surface area contributed by atoms with Gasteiger partial charge >= 0.3 is 0 Å². The van der Waals surface area contributed by atoms with E-state index in [-0.39, 0.29) is 6.61 Å². The van der Waals surface area contributed by atoms with Crippen molar-refractivity contribution in [2.24, 2.45) is 5.92 Å². The fraction of sp³-hybridized carbons (Fsp3) is 0.562. The summed E-state index contributed by atoms with van der Waals surface area (Å²) in [5.41, 5.74) is 1.21. The summed E-state index contributed by atoms with van der Waals surface area (Å²) in [6.45, 7) is 2.10. The van der Waals surface area contributed by atoms with Crippen molar-refractivity contribution in [1.29, 1.82) is 5.26 Å². The van der Waals surface area contributed by atoms with E-state index >= 15 is 0 Å². The zero-order valence-corrected chi connectivity index (χ0v) is 11.4. The quantitative estimate of drug-likeness (QED) is 0.851. The highest BCUT2D eigenvalue weighted by molar-refractivity contribution is 5.28. The Labute approximate surface area is 115 Å². The lowest BCUT2D eigenvalue weighted by Gasteiger charge is -2.21. The van der Waals surface area contributed by atoms with E-state index in [0.717, 1.165) is 24.8 Å². The standard InChI is InChI=1S/C16H22N2O/c17-9-10-19-16-8-4-7-15(11-16)13-18-12-14-5-2-1-3-6-14/h4,7-8,11,14,18H,1-3,5-6,10,12-13H2. The molecular weight excluding hydrogens is 236 g/mol. The third kappa shape index (κ3) is 4.92. The zero-order chi connectivity index (χ0) is 13.3. The number of nitrogens with zero attached hydrogens (tertiary/aromatic N) is 1. The Morgan fingerprint density at radius 3 is 2.89 bits per heavy atom. The Hall–Kier alpha value is -1.53. The van der Waals surface area contributed by atoms with Gasteiger partial charge in [0.05, 0.1) is 0 Å². The molecule has 0 radical (unpaired) electrons. The summed E-state index contributed by atoms with van der Waals surface area (Å²) < 4.78 is 5.30. The maximum Gasteiger partial charge on any atom is 0.174 e. The lowest BCUT2D eigenvalue weighted by Crippen LogP contribution is -2.24. The van der Waals surface area contributed by atoms with Crippen molar-refractivity contribution >= 4 is 0 Å². The van der Waals surface area contributed by atoms with Crippen LogP contribution in [0.25, 0.3) is 0 Å². The van der Waals surface area contributed by atoms with Gasteiger partial charge in [-0.2, -0.15) is 5.26 Å². The van der Waals surface area contributed by atoms with Crippen molar-refractivity contribution in [1.82, 2.24) is 5.32 Å². The van der Waals surface area contributed by atoms with Gasteiger partial charge in [0, 0.05) is 6.54 Å². The smallest absolute Gasteiger partial charge is 0.174 e. The molecule has 0 aliphatic heterocycles. The van der Waals surface area contributed by atoms with Gasteiger partial charge in [0.15, 0.2) is 6.61 Å². The van der Waals surface area contributed by atoms with Gasteiger partial charge in [-0.05, 0) is 43.0 Å². The molecule has 0 amide bonds. The molecule has 0 saturated heterocycles. The van der Waals surface area contributed by atoms with Crippen LogP contribution in [0.3, 0.4) is 0 Å². The molecule has 102 valence electrons. The van der Waals surface area contributed by atoms with Crippen LogP contribution in [0.4, 0.5) is 0 Å². The Morgan fingerprint density at radius 1 is 1.26 bits per heavy atom. The van der Waals surface area contributed by atoms with Crippen LogP contribution in [-0.2, 0) is 6.54 Å². The minimum Gasteiger partial charge on any atom is -0.479 e. The summed E-state index contributed by atoms with van der Waals surface area (Å²) in [4.78, 5) is 0.